The fourth-order valence-electron chi connectivity index (χ4n) is 3.23. The summed E-state index contributed by atoms with van der Waals surface area (Å²) in [7, 11) is 3.66. The zero-order valence-electron chi connectivity index (χ0n) is 30.0. The van der Waals surface area contributed by atoms with Crippen molar-refractivity contribution in [2.75, 3.05) is 0 Å². The molecule has 0 N–H and O–H groups in total. The molecule has 0 saturated carbocycles. The van der Waals surface area contributed by atoms with Gasteiger partial charge in [0.2, 0.25) is 0 Å². The van der Waals surface area contributed by atoms with Crippen molar-refractivity contribution in [1.82, 2.24) is 0 Å². The van der Waals surface area contributed by atoms with E-state index in [4.69, 9.17) is 0 Å². The summed E-state index contributed by atoms with van der Waals surface area (Å²) in [4.78, 5) is 0. The molecule has 4 rings (SSSR count). The van der Waals surface area contributed by atoms with E-state index in [9.17, 15) is 0 Å². The Morgan fingerprint density at radius 3 is 1.02 bits per heavy atom. The van der Waals surface area contributed by atoms with Crippen LogP contribution in [0.15, 0.2) is 97.1 Å². The first kappa shape index (κ1) is 49.8. The molecule has 0 aromatic heterocycles. The minimum atomic E-state index is 0. The molecule has 4 aromatic rings. The predicted octanol–water partition coefficient (Wildman–Crippen LogP) is 12.6. The summed E-state index contributed by atoms with van der Waals surface area (Å²) in [5, 5.41) is 0. The monoisotopic (exact) mass is 713 g/mol. The SMILES string of the molecule is CC.CC.CC.CC.CCc1ccc(C#Cc2ccc(CC)cc2)cc1.PPCc1ccc(C#Cc2cc[c-]cc2)cc1.[CH3-].[Y]. The molecule has 0 saturated heterocycles. The molecule has 0 aliphatic rings. The quantitative estimate of drug-likeness (QED) is 0.112. The molecule has 0 spiro atoms. The van der Waals surface area contributed by atoms with Gasteiger partial charge < -0.3 is 7.43 Å². The largest absolute Gasteiger partial charge is 0.358 e. The fourth-order valence-corrected chi connectivity index (χ4v) is 4.41. The zero-order chi connectivity index (χ0) is 32.7. The van der Waals surface area contributed by atoms with Crippen molar-refractivity contribution in [3.8, 4) is 23.7 Å². The van der Waals surface area contributed by atoms with Gasteiger partial charge in [-0.25, -0.2) is 0 Å². The molecule has 0 amide bonds. The Labute approximate surface area is 309 Å². The Morgan fingerprint density at radius 2 is 0.756 bits per heavy atom. The van der Waals surface area contributed by atoms with Gasteiger partial charge in [-0.05, 0) is 72.1 Å². The van der Waals surface area contributed by atoms with Crippen molar-refractivity contribution >= 4 is 17.2 Å². The molecule has 0 fully saturated rings. The Kier molecular flexibility index (Phi) is 40.3. The van der Waals surface area contributed by atoms with Crippen LogP contribution in [0.3, 0.4) is 0 Å². The van der Waals surface area contributed by atoms with Crippen LogP contribution in [0.4, 0.5) is 0 Å². The van der Waals surface area contributed by atoms with E-state index in [1.54, 1.807) is 0 Å². The maximum atomic E-state index is 3.20. The third kappa shape index (κ3) is 23.9. The molecule has 3 heteroatoms. The smallest absolute Gasteiger partial charge is 0.0249 e. The number of hydrogen-bond donors (Lipinski definition) is 0. The van der Waals surface area contributed by atoms with E-state index in [0.29, 0.717) is 0 Å². The minimum Gasteiger partial charge on any atom is -0.358 e. The Hall–Kier alpha value is -2.04. The molecule has 0 aliphatic carbocycles. The summed E-state index contributed by atoms with van der Waals surface area (Å²) < 4.78 is 0. The van der Waals surface area contributed by atoms with Gasteiger partial charge in [0.25, 0.3) is 0 Å². The third-order valence-electron chi connectivity index (χ3n) is 5.41. The predicted molar refractivity (Wildman–Crippen MR) is 209 cm³/mol. The first-order valence-corrected chi connectivity index (χ1v) is 18.9. The summed E-state index contributed by atoms with van der Waals surface area (Å²) in [6, 6.07) is 36.1. The van der Waals surface area contributed by atoms with Crippen LogP contribution < -0.4 is 0 Å². The molecule has 45 heavy (non-hydrogen) atoms. The number of hydrogen-bond acceptors (Lipinski definition) is 0. The topological polar surface area (TPSA) is 0 Å². The van der Waals surface area contributed by atoms with Gasteiger partial charge in [-0.3, -0.25) is 0 Å². The van der Waals surface area contributed by atoms with Gasteiger partial charge in [0.1, 0.15) is 0 Å². The second kappa shape index (κ2) is 36.4. The summed E-state index contributed by atoms with van der Waals surface area (Å²) in [6.07, 6.45) is 3.28. The first-order valence-electron chi connectivity index (χ1n) is 15.9. The molecule has 2 unspecified atom stereocenters. The molecule has 2 atom stereocenters. The maximum absolute atomic E-state index is 3.20. The van der Waals surface area contributed by atoms with E-state index in [0.717, 1.165) is 49.5 Å². The second-order valence-electron chi connectivity index (χ2n) is 7.97. The molecule has 4 aromatic carbocycles. The molecular weight excluding hydrogens is 655 g/mol. The second-order valence-corrected chi connectivity index (χ2v) is 9.95. The number of benzene rings is 4. The molecule has 1 radical (unpaired) electrons. The zero-order valence-corrected chi connectivity index (χ0v) is 35.0. The van der Waals surface area contributed by atoms with Crippen molar-refractivity contribution in [2.45, 2.75) is 88.2 Å². The van der Waals surface area contributed by atoms with Gasteiger partial charge in [0, 0.05) is 49.4 Å². The van der Waals surface area contributed by atoms with Crippen molar-refractivity contribution in [3.63, 3.8) is 0 Å². The summed E-state index contributed by atoms with van der Waals surface area (Å²) in [6.45, 7) is 20.3. The Balaban J connectivity index is -0.000000295. The van der Waals surface area contributed by atoms with Gasteiger partial charge in [0.05, 0.1) is 0 Å². The Bertz CT molecular complexity index is 1240. The van der Waals surface area contributed by atoms with Crippen LogP contribution in [0.1, 0.15) is 108 Å². The third-order valence-corrected chi connectivity index (χ3v) is 6.63. The van der Waals surface area contributed by atoms with Crippen molar-refractivity contribution in [3.05, 3.63) is 149 Å². The molecular formula is C42H58P2Y-2. The van der Waals surface area contributed by atoms with E-state index in [1.807, 2.05) is 79.7 Å². The number of aryl methyl sites for hydroxylation is 2. The molecule has 0 heterocycles. The van der Waals surface area contributed by atoms with Crippen LogP contribution in [0.5, 0.6) is 0 Å². The van der Waals surface area contributed by atoms with Crippen LogP contribution in [-0.2, 0) is 51.7 Å². The van der Waals surface area contributed by atoms with E-state index < -0.39 is 0 Å². The van der Waals surface area contributed by atoms with Crippen LogP contribution in [-0.4, -0.2) is 0 Å². The maximum Gasteiger partial charge on any atom is 0.0249 e. The van der Waals surface area contributed by atoms with Gasteiger partial charge in [-0.2, -0.15) is 30.3 Å². The van der Waals surface area contributed by atoms with E-state index in [-0.39, 0.29) is 40.1 Å². The average Bonchev–Trinajstić information content (AvgIpc) is 3.12. The standard InChI is InChI=1S/C18H18.C15H13P2.4C2H6.CH3.Y/c1-3-15-5-9-17(10-6-15)13-14-18-11-7-16(4-2)8-12-18;16-17-12-15-10-8-14(9-11-15)7-6-13-4-2-1-3-5-13;4*1-2;;/h5-12H,3-4H2,1-2H3;2-5,8-11,17H,12,16H2;4*1-2H3;1H3;/q;-1;;;;;-1;. The van der Waals surface area contributed by atoms with E-state index in [2.05, 4.69) is 125 Å². The van der Waals surface area contributed by atoms with Crippen LogP contribution in [0.2, 0.25) is 0 Å². The van der Waals surface area contributed by atoms with Gasteiger partial charge in [-0.1, -0.05) is 143 Å². The minimum absolute atomic E-state index is 0. The van der Waals surface area contributed by atoms with Gasteiger partial charge >= 0.3 is 0 Å². The van der Waals surface area contributed by atoms with Crippen molar-refractivity contribution < 1.29 is 32.7 Å². The van der Waals surface area contributed by atoms with Crippen molar-refractivity contribution in [1.29, 1.82) is 0 Å². The molecule has 0 bridgehead atoms. The molecule has 0 nitrogen and oxygen atoms in total. The van der Waals surface area contributed by atoms with Crippen molar-refractivity contribution in [2.24, 2.45) is 0 Å². The average molecular weight is 714 g/mol. The van der Waals surface area contributed by atoms with Crippen LogP contribution in [0.25, 0.3) is 0 Å². The summed E-state index contributed by atoms with van der Waals surface area (Å²) in [5.74, 6) is 12.7. The fraction of sp³-hybridized carbons (Fsp3) is 0.310. The Morgan fingerprint density at radius 1 is 0.489 bits per heavy atom. The van der Waals surface area contributed by atoms with Gasteiger partial charge in [0.15, 0.2) is 0 Å². The van der Waals surface area contributed by atoms with E-state index in [1.165, 1.54) is 16.7 Å². The van der Waals surface area contributed by atoms with E-state index >= 15 is 0 Å². The van der Waals surface area contributed by atoms with Crippen LogP contribution in [0, 0.1) is 37.2 Å². The normalized spacial score (nSPS) is 8.24. The van der Waals surface area contributed by atoms with Gasteiger partial charge in [-0.15, -0.1) is 8.93 Å². The summed E-state index contributed by atoms with van der Waals surface area (Å²) >= 11 is 0. The molecule has 241 valence electrons. The summed E-state index contributed by atoms with van der Waals surface area (Å²) in [5.41, 5.74) is 8.32. The van der Waals surface area contributed by atoms with Crippen LogP contribution >= 0.6 is 17.2 Å². The number of rotatable bonds is 4. The molecule has 0 aliphatic heterocycles. The first-order chi connectivity index (χ1) is 21.2.